The molecule has 0 aliphatic carbocycles. The van der Waals surface area contributed by atoms with Crippen molar-refractivity contribution < 1.29 is 32.1 Å². The van der Waals surface area contributed by atoms with E-state index < -0.39 is 29.0 Å². The molecule has 2 aromatic carbocycles. The van der Waals surface area contributed by atoms with Crippen molar-refractivity contribution in [1.29, 1.82) is 0 Å². The summed E-state index contributed by atoms with van der Waals surface area (Å²) < 4.78 is 67.3. The van der Waals surface area contributed by atoms with Gasteiger partial charge in [0.1, 0.15) is 41.7 Å². The minimum absolute atomic E-state index is 0.0321. The number of hydrogen-bond donors (Lipinski definition) is 1. The number of likely N-dealkylation sites (tertiary alicyclic amines) is 1. The lowest BCUT2D eigenvalue weighted by atomic mass is 9.74. The second kappa shape index (κ2) is 11.4. The van der Waals surface area contributed by atoms with Gasteiger partial charge in [-0.05, 0) is 62.4 Å². The molecule has 1 aliphatic heterocycles. The molecule has 9 heteroatoms. The molecule has 1 aliphatic rings. The Bertz CT molecular complexity index is 1160. The normalized spacial score (nSPS) is 16.7. The van der Waals surface area contributed by atoms with Gasteiger partial charge < -0.3 is 14.6 Å². The SMILES string of the molecule is COc1ccc2ncc(F)c([C@H](F)CCC3(CO)CCN(CCOc4cc(F)cc(F)c4)CC3)c2c1. The van der Waals surface area contributed by atoms with E-state index in [0.717, 1.165) is 24.4 Å². The highest BCUT2D eigenvalue weighted by Gasteiger charge is 2.35. The van der Waals surface area contributed by atoms with Crippen molar-refractivity contribution in [2.24, 2.45) is 5.41 Å². The molecule has 194 valence electrons. The van der Waals surface area contributed by atoms with Crippen LogP contribution < -0.4 is 9.47 Å². The maximum absolute atomic E-state index is 15.4. The molecular weight excluding hydrogens is 476 g/mol. The number of benzene rings is 2. The Morgan fingerprint density at radius 1 is 1.06 bits per heavy atom. The van der Waals surface area contributed by atoms with E-state index >= 15 is 4.39 Å². The molecule has 5 nitrogen and oxygen atoms in total. The maximum Gasteiger partial charge on any atom is 0.148 e. The predicted octanol–water partition coefficient (Wildman–Crippen LogP) is 5.61. The van der Waals surface area contributed by atoms with Crippen LogP contribution in [-0.2, 0) is 0 Å². The number of hydrogen-bond acceptors (Lipinski definition) is 5. The lowest BCUT2D eigenvalue weighted by Crippen LogP contribution is -2.43. The zero-order chi connectivity index (χ0) is 25.7. The number of pyridine rings is 1. The van der Waals surface area contributed by atoms with Gasteiger partial charge in [-0.25, -0.2) is 17.6 Å². The Hall–Kier alpha value is -2.91. The van der Waals surface area contributed by atoms with Crippen LogP contribution in [0.1, 0.15) is 37.4 Å². The fraction of sp³-hybridized carbons (Fsp3) is 0.444. The van der Waals surface area contributed by atoms with E-state index in [0.29, 0.717) is 55.5 Å². The molecule has 1 atom stereocenters. The predicted molar refractivity (Wildman–Crippen MR) is 128 cm³/mol. The second-order valence-electron chi connectivity index (χ2n) is 9.36. The number of rotatable bonds is 10. The second-order valence-corrected chi connectivity index (χ2v) is 9.36. The van der Waals surface area contributed by atoms with Gasteiger partial charge in [0, 0.05) is 42.3 Å². The van der Waals surface area contributed by atoms with Crippen LogP contribution in [0.2, 0.25) is 0 Å². The molecule has 0 unspecified atom stereocenters. The fourth-order valence-electron chi connectivity index (χ4n) is 4.83. The number of halogens is 4. The first-order chi connectivity index (χ1) is 17.3. The molecule has 36 heavy (non-hydrogen) atoms. The van der Waals surface area contributed by atoms with Gasteiger partial charge in [-0.3, -0.25) is 9.88 Å². The van der Waals surface area contributed by atoms with Crippen molar-refractivity contribution in [2.75, 3.05) is 40.0 Å². The average Bonchev–Trinajstić information content (AvgIpc) is 2.87. The van der Waals surface area contributed by atoms with E-state index in [1.165, 1.54) is 7.11 Å². The molecule has 0 saturated carbocycles. The number of nitrogens with zero attached hydrogens (tertiary/aromatic N) is 2. The van der Waals surface area contributed by atoms with Crippen LogP contribution in [0.15, 0.2) is 42.6 Å². The van der Waals surface area contributed by atoms with Gasteiger partial charge in [0.2, 0.25) is 0 Å². The molecule has 4 rings (SSSR count). The lowest BCUT2D eigenvalue weighted by molar-refractivity contribution is 0.0264. The number of methoxy groups -OCH3 is 1. The van der Waals surface area contributed by atoms with Crippen LogP contribution in [0.4, 0.5) is 17.6 Å². The van der Waals surface area contributed by atoms with Crippen molar-refractivity contribution in [1.82, 2.24) is 9.88 Å². The third-order valence-corrected chi connectivity index (χ3v) is 7.07. The van der Waals surface area contributed by atoms with Gasteiger partial charge in [0.25, 0.3) is 0 Å². The zero-order valence-electron chi connectivity index (χ0n) is 20.2. The third-order valence-electron chi connectivity index (χ3n) is 7.07. The van der Waals surface area contributed by atoms with E-state index in [1.54, 1.807) is 18.2 Å². The van der Waals surface area contributed by atoms with Gasteiger partial charge in [0.15, 0.2) is 0 Å². The van der Waals surface area contributed by atoms with Crippen LogP contribution >= 0.6 is 0 Å². The van der Waals surface area contributed by atoms with Crippen molar-refractivity contribution in [3.8, 4) is 11.5 Å². The average molecular weight is 507 g/mol. The van der Waals surface area contributed by atoms with Gasteiger partial charge in [0.05, 0.1) is 18.8 Å². The van der Waals surface area contributed by atoms with E-state index in [1.807, 2.05) is 0 Å². The van der Waals surface area contributed by atoms with Crippen LogP contribution in [-0.4, -0.2) is 54.9 Å². The van der Waals surface area contributed by atoms with Crippen LogP contribution in [0, 0.1) is 22.9 Å². The number of aliphatic hydroxyl groups excluding tert-OH is 1. The Labute approximate surface area is 207 Å². The summed E-state index contributed by atoms with van der Waals surface area (Å²) >= 11 is 0. The highest BCUT2D eigenvalue weighted by Crippen LogP contribution is 2.40. The topological polar surface area (TPSA) is 54.8 Å². The summed E-state index contributed by atoms with van der Waals surface area (Å²) in [4.78, 5) is 6.19. The number of piperidine rings is 1. The first kappa shape index (κ1) is 26.2. The first-order valence-electron chi connectivity index (χ1n) is 12.0. The van der Waals surface area contributed by atoms with E-state index in [-0.39, 0.29) is 30.9 Å². The highest BCUT2D eigenvalue weighted by atomic mass is 19.1. The largest absolute Gasteiger partial charge is 0.497 e. The van der Waals surface area contributed by atoms with E-state index in [2.05, 4.69) is 9.88 Å². The Kier molecular flexibility index (Phi) is 8.31. The minimum Gasteiger partial charge on any atom is -0.497 e. The summed E-state index contributed by atoms with van der Waals surface area (Å²) in [5.41, 5.74) is 0.00304. The molecule has 3 aromatic rings. The molecular formula is C27H30F4N2O3. The van der Waals surface area contributed by atoms with Gasteiger partial charge in [-0.15, -0.1) is 0 Å². The van der Waals surface area contributed by atoms with Crippen molar-refractivity contribution in [3.63, 3.8) is 0 Å². The monoisotopic (exact) mass is 506 g/mol. The fourth-order valence-corrected chi connectivity index (χ4v) is 4.83. The highest BCUT2D eigenvalue weighted by molar-refractivity contribution is 5.84. The van der Waals surface area contributed by atoms with Crippen LogP contribution in [0.5, 0.6) is 11.5 Å². The summed E-state index contributed by atoms with van der Waals surface area (Å²) in [6, 6.07) is 8.01. The number of alkyl halides is 1. The zero-order valence-corrected chi connectivity index (χ0v) is 20.2. The van der Waals surface area contributed by atoms with Crippen LogP contribution in [0.3, 0.4) is 0 Å². The minimum atomic E-state index is -1.55. The standard InChI is InChI=1S/C27H30F4N2O3/c1-35-20-2-3-25-22(15-20)26(24(31)16-32-25)23(30)4-5-27(17-34)6-8-33(9-7-27)10-11-36-21-13-18(28)12-19(29)14-21/h2-3,12-16,23,34H,4-11,17H2,1H3/t23-/m1/s1. The summed E-state index contributed by atoms with van der Waals surface area (Å²) in [5.74, 6) is -1.46. The lowest BCUT2D eigenvalue weighted by Gasteiger charge is -2.41. The van der Waals surface area contributed by atoms with E-state index in [4.69, 9.17) is 9.47 Å². The molecule has 0 radical (unpaired) electrons. The van der Waals surface area contributed by atoms with E-state index in [9.17, 15) is 18.3 Å². The summed E-state index contributed by atoms with van der Waals surface area (Å²) in [7, 11) is 1.49. The summed E-state index contributed by atoms with van der Waals surface area (Å²) in [6.45, 7) is 2.07. The first-order valence-corrected chi connectivity index (χ1v) is 12.0. The van der Waals surface area contributed by atoms with Crippen molar-refractivity contribution in [3.05, 3.63) is 65.6 Å². The molecule has 1 fully saturated rings. The number of fused-ring (bicyclic) bond motifs is 1. The summed E-state index contributed by atoms with van der Waals surface area (Å²) in [5, 5.41) is 10.5. The molecule has 1 aromatic heterocycles. The Balaban J connectivity index is 1.33. The van der Waals surface area contributed by atoms with Gasteiger partial charge >= 0.3 is 0 Å². The maximum atomic E-state index is 15.4. The molecule has 2 heterocycles. The smallest absolute Gasteiger partial charge is 0.148 e. The molecule has 0 amide bonds. The van der Waals surface area contributed by atoms with Crippen LogP contribution in [0.25, 0.3) is 10.9 Å². The third kappa shape index (κ3) is 6.07. The quantitative estimate of drug-likeness (QED) is 0.363. The number of aliphatic hydroxyl groups is 1. The molecule has 0 bridgehead atoms. The molecule has 1 N–H and O–H groups in total. The van der Waals surface area contributed by atoms with Gasteiger partial charge in [-0.1, -0.05) is 0 Å². The number of ether oxygens (including phenoxy) is 2. The van der Waals surface area contributed by atoms with Crippen molar-refractivity contribution >= 4 is 10.9 Å². The Morgan fingerprint density at radius 3 is 2.44 bits per heavy atom. The van der Waals surface area contributed by atoms with Gasteiger partial charge in [-0.2, -0.15) is 0 Å². The number of aromatic nitrogens is 1. The summed E-state index contributed by atoms with van der Waals surface area (Å²) in [6.07, 6.45) is 1.27. The Morgan fingerprint density at radius 2 is 1.78 bits per heavy atom. The molecule has 1 saturated heterocycles. The van der Waals surface area contributed by atoms with Crippen molar-refractivity contribution in [2.45, 2.75) is 31.9 Å². The molecule has 0 spiro atoms.